The molecule has 5 heteroatoms. The SMILES string of the molecule is [CH2]Cn1nc(-c2cncc(CN)c2)ccc1=O. The number of hydrogen-bond acceptors (Lipinski definition) is 4. The highest BCUT2D eigenvalue weighted by molar-refractivity contribution is 5.57. The Bertz CT molecular complexity index is 577. The summed E-state index contributed by atoms with van der Waals surface area (Å²) in [4.78, 5) is 15.5. The normalized spacial score (nSPS) is 10.5. The van der Waals surface area contributed by atoms with Crippen molar-refractivity contribution in [2.45, 2.75) is 13.1 Å². The lowest BCUT2D eigenvalue weighted by Gasteiger charge is -2.05. The van der Waals surface area contributed by atoms with Crippen LogP contribution in [-0.2, 0) is 13.1 Å². The summed E-state index contributed by atoms with van der Waals surface area (Å²) in [6, 6.07) is 5.06. The van der Waals surface area contributed by atoms with Gasteiger partial charge >= 0.3 is 0 Å². The van der Waals surface area contributed by atoms with Gasteiger partial charge in [0.1, 0.15) is 0 Å². The van der Waals surface area contributed by atoms with Crippen molar-refractivity contribution in [3.63, 3.8) is 0 Å². The molecule has 0 fully saturated rings. The van der Waals surface area contributed by atoms with E-state index in [0.29, 0.717) is 18.8 Å². The van der Waals surface area contributed by atoms with Crippen LogP contribution in [0.2, 0.25) is 0 Å². The number of hydrogen-bond donors (Lipinski definition) is 1. The van der Waals surface area contributed by atoms with Gasteiger partial charge in [-0.3, -0.25) is 9.78 Å². The molecule has 1 radical (unpaired) electrons. The fourth-order valence-electron chi connectivity index (χ4n) is 1.50. The van der Waals surface area contributed by atoms with Crippen molar-refractivity contribution in [3.05, 3.63) is 53.4 Å². The van der Waals surface area contributed by atoms with Crippen molar-refractivity contribution in [1.82, 2.24) is 14.8 Å². The number of pyridine rings is 1. The molecule has 0 aliphatic carbocycles. The Morgan fingerprint density at radius 2 is 2.18 bits per heavy atom. The summed E-state index contributed by atoms with van der Waals surface area (Å²) in [5.74, 6) is 0. The van der Waals surface area contributed by atoms with E-state index in [1.54, 1.807) is 18.5 Å². The van der Waals surface area contributed by atoms with E-state index in [2.05, 4.69) is 17.0 Å². The van der Waals surface area contributed by atoms with Crippen molar-refractivity contribution < 1.29 is 0 Å². The molecule has 2 heterocycles. The summed E-state index contributed by atoms with van der Waals surface area (Å²) in [5, 5.41) is 4.20. The number of nitrogens with zero attached hydrogens (tertiary/aromatic N) is 3. The van der Waals surface area contributed by atoms with E-state index >= 15 is 0 Å². The van der Waals surface area contributed by atoms with E-state index in [-0.39, 0.29) is 5.56 Å². The largest absolute Gasteiger partial charge is 0.326 e. The van der Waals surface area contributed by atoms with Gasteiger partial charge in [0, 0.05) is 37.1 Å². The molecule has 0 amide bonds. The lowest BCUT2D eigenvalue weighted by atomic mass is 10.1. The summed E-state index contributed by atoms with van der Waals surface area (Å²) < 4.78 is 1.31. The third-order valence-electron chi connectivity index (χ3n) is 2.40. The molecule has 0 aromatic carbocycles. The zero-order valence-corrected chi connectivity index (χ0v) is 9.34. The number of aromatic nitrogens is 3. The molecule has 0 bridgehead atoms. The van der Waals surface area contributed by atoms with Crippen LogP contribution in [0.5, 0.6) is 0 Å². The second-order valence-electron chi connectivity index (χ2n) is 3.57. The van der Waals surface area contributed by atoms with Crippen LogP contribution in [0.4, 0.5) is 0 Å². The fourth-order valence-corrected chi connectivity index (χ4v) is 1.50. The van der Waals surface area contributed by atoms with E-state index in [9.17, 15) is 4.79 Å². The van der Waals surface area contributed by atoms with Crippen LogP contribution in [0, 0.1) is 6.92 Å². The molecule has 0 spiro atoms. The van der Waals surface area contributed by atoms with Gasteiger partial charge in [-0.1, -0.05) is 0 Å². The fraction of sp³-hybridized carbons (Fsp3) is 0.167. The third-order valence-corrected chi connectivity index (χ3v) is 2.40. The Balaban J connectivity index is 2.48. The summed E-state index contributed by atoms with van der Waals surface area (Å²) in [7, 11) is 0. The van der Waals surface area contributed by atoms with E-state index in [1.165, 1.54) is 10.7 Å². The molecule has 0 aliphatic rings. The molecule has 0 unspecified atom stereocenters. The molecule has 17 heavy (non-hydrogen) atoms. The predicted molar refractivity (Wildman–Crippen MR) is 65.0 cm³/mol. The monoisotopic (exact) mass is 229 g/mol. The van der Waals surface area contributed by atoms with Crippen molar-refractivity contribution >= 4 is 0 Å². The molecule has 5 nitrogen and oxygen atoms in total. The summed E-state index contributed by atoms with van der Waals surface area (Å²) in [5.41, 5.74) is 7.85. The first-order chi connectivity index (χ1) is 8.24. The molecule has 2 rings (SSSR count). The highest BCUT2D eigenvalue weighted by Gasteiger charge is 2.03. The average Bonchev–Trinajstić information content (AvgIpc) is 2.39. The quantitative estimate of drug-likeness (QED) is 0.836. The zero-order chi connectivity index (χ0) is 12.3. The molecular weight excluding hydrogens is 216 g/mol. The molecule has 0 aliphatic heterocycles. The van der Waals surface area contributed by atoms with Crippen LogP contribution in [-0.4, -0.2) is 14.8 Å². The van der Waals surface area contributed by atoms with E-state index in [1.807, 2.05) is 6.07 Å². The highest BCUT2D eigenvalue weighted by Crippen LogP contribution is 2.15. The van der Waals surface area contributed by atoms with Crippen molar-refractivity contribution in [2.24, 2.45) is 5.73 Å². The van der Waals surface area contributed by atoms with Gasteiger partial charge in [-0.05, 0) is 24.6 Å². The Hall–Kier alpha value is -2.01. The minimum atomic E-state index is -0.160. The molecule has 0 atom stereocenters. The van der Waals surface area contributed by atoms with Gasteiger partial charge in [-0.15, -0.1) is 0 Å². The minimum Gasteiger partial charge on any atom is -0.326 e. The second-order valence-corrected chi connectivity index (χ2v) is 3.57. The number of nitrogens with two attached hydrogens (primary N) is 1. The van der Waals surface area contributed by atoms with Crippen molar-refractivity contribution in [3.8, 4) is 11.3 Å². The van der Waals surface area contributed by atoms with Gasteiger partial charge < -0.3 is 5.73 Å². The van der Waals surface area contributed by atoms with Gasteiger partial charge in [-0.25, -0.2) is 4.68 Å². The van der Waals surface area contributed by atoms with Crippen molar-refractivity contribution in [1.29, 1.82) is 0 Å². The van der Waals surface area contributed by atoms with Crippen LogP contribution in [0.15, 0.2) is 35.4 Å². The maximum Gasteiger partial charge on any atom is 0.266 e. The predicted octanol–water partition coefficient (Wildman–Crippen LogP) is 0.598. The Labute approximate surface area is 98.9 Å². The Kier molecular flexibility index (Phi) is 3.30. The topological polar surface area (TPSA) is 73.8 Å². The van der Waals surface area contributed by atoms with Crippen molar-refractivity contribution in [2.75, 3.05) is 0 Å². The summed E-state index contributed by atoms with van der Waals surface area (Å²) >= 11 is 0. The number of rotatable bonds is 3. The minimum absolute atomic E-state index is 0.160. The highest BCUT2D eigenvalue weighted by atomic mass is 16.1. The lowest BCUT2D eigenvalue weighted by Crippen LogP contribution is -2.21. The third kappa shape index (κ3) is 2.39. The smallest absolute Gasteiger partial charge is 0.266 e. The first-order valence-electron chi connectivity index (χ1n) is 5.26. The van der Waals surface area contributed by atoms with E-state index in [0.717, 1.165) is 11.1 Å². The van der Waals surface area contributed by atoms with Gasteiger partial charge in [0.25, 0.3) is 5.56 Å². The van der Waals surface area contributed by atoms with Gasteiger partial charge in [-0.2, -0.15) is 5.10 Å². The molecule has 87 valence electrons. The summed E-state index contributed by atoms with van der Waals surface area (Å²) in [6.45, 7) is 4.38. The summed E-state index contributed by atoms with van der Waals surface area (Å²) in [6.07, 6.45) is 3.40. The standard InChI is InChI=1S/C12H13N4O/c1-2-16-12(17)4-3-11(15-16)10-5-9(6-13)7-14-8-10/h3-5,7-8H,1-2,6,13H2. The van der Waals surface area contributed by atoms with E-state index in [4.69, 9.17) is 5.73 Å². The molecule has 2 aromatic heterocycles. The van der Waals surface area contributed by atoms with Crippen LogP contribution in [0.1, 0.15) is 5.56 Å². The first-order valence-corrected chi connectivity index (χ1v) is 5.26. The maximum atomic E-state index is 11.4. The van der Waals surface area contributed by atoms with E-state index < -0.39 is 0 Å². The Morgan fingerprint density at radius 3 is 2.88 bits per heavy atom. The lowest BCUT2D eigenvalue weighted by molar-refractivity contribution is 0.653. The van der Waals surface area contributed by atoms with Gasteiger partial charge in [0.05, 0.1) is 5.69 Å². The molecule has 2 aromatic rings. The zero-order valence-electron chi connectivity index (χ0n) is 9.34. The van der Waals surface area contributed by atoms with Gasteiger partial charge in [0.2, 0.25) is 0 Å². The molecule has 2 N–H and O–H groups in total. The van der Waals surface area contributed by atoms with Crippen LogP contribution < -0.4 is 11.3 Å². The van der Waals surface area contributed by atoms with Crippen LogP contribution >= 0.6 is 0 Å². The first kappa shape index (κ1) is 11.5. The van der Waals surface area contributed by atoms with Crippen LogP contribution in [0.3, 0.4) is 0 Å². The Morgan fingerprint density at radius 1 is 1.35 bits per heavy atom. The molecule has 0 saturated carbocycles. The molecular formula is C12H13N4O. The molecule has 0 saturated heterocycles. The van der Waals surface area contributed by atoms with Crippen LogP contribution in [0.25, 0.3) is 11.3 Å². The maximum absolute atomic E-state index is 11.4. The van der Waals surface area contributed by atoms with Gasteiger partial charge in [0.15, 0.2) is 0 Å². The average molecular weight is 229 g/mol. The second kappa shape index (κ2) is 4.88.